The van der Waals surface area contributed by atoms with E-state index in [0.29, 0.717) is 0 Å². The molecule has 4 heterocycles. The molecular formula is C25H30O12. The van der Waals surface area contributed by atoms with Gasteiger partial charge in [0.05, 0.1) is 30.5 Å². The average Bonchev–Trinajstić information content (AvgIpc) is 3.54. The largest absolute Gasteiger partial charge is 0.466 e. The van der Waals surface area contributed by atoms with Crippen molar-refractivity contribution in [1.29, 1.82) is 0 Å². The zero-order valence-corrected chi connectivity index (χ0v) is 21.1. The molecule has 37 heavy (non-hydrogen) atoms. The topological polar surface area (TPSA) is 164 Å². The molecule has 0 aromatic heterocycles. The van der Waals surface area contributed by atoms with Crippen LogP contribution in [0.25, 0.3) is 0 Å². The van der Waals surface area contributed by atoms with Crippen LogP contribution in [0.5, 0.6) is 0 Å². The van der Waals surface area contributed by atoms with Crippen molar-refractivity contribution in [2.24, 2.45) is 28.1 Å². The first-order valence-electron chi connectivity index (χ1n) is 12.3. The van der Waals surface area contributed by atoms with Crippen LogP contribution in [0.2, 0.25) is 0 Å². The molecular weight excluding hydrogens is 492 g/mol. The minimum Gasteiger partial charge on any atom is -0.466 e. The Balaban J connectivity index is 1.57. The van der Waals surface area contributed by atoms with E-state index < -0.39 is 93.9 Å². The van der Waals surface area contributed by atoms with Crippen molar-refractivity contribution in [2.75, 3.05) is 13.7 Å². The number of carbonyl (C=O) groups is 4. The number of hydrogen-bond donors (Lipinski definition) is 2. The molecule has 12 nitrogen and oxygen atoms in total. The molecule has 4 saturated heterocycles. The summed E-state index contributed by atoms with van der Waals surface area (Å²) in [6.45, 7) is 7.04. The van der Waals surface area contributed by atoms with Crippen molar-refractivity contribution in [3.63, 3.8) is 0 Å². The number of esters is 4. The van der Waals surface area contributed by atoms with Gasteiger partial charge in [-0.2, -0.15) is 0 Å². The summed E-state index contributed by atoms with van der Waals surface area (Å²) in [5.74, 6) is -4.81. The summed E-state index contributed by atoms with van der Waals surface area (Å²) in [5, 5.41) is 24.1. The third-order valence-corrected chi connectivity index (χ3v) is 9.78. The van der Waals surface area contributed by atoms with Crippen molar-refractivity contribution in [3.05, 3.63) is 12.2 Å². The lowest BCUT2D eigenvalue weighted by Gasteiger charge is -2.48. The van der Waals surface area contributed by atoms with E-state index in [4.69, 9.17) is 23.7 Å². The van der Waals surface area contributed by atoms with Crippen molar-refractivity contribution in [2.45, 2.75) is 76.0 Å². The highest BCUT2D eigenvalue weighted by Crippen LogP contribution is 2.84. The summed E-state index contributed by atoms with van der Waals surface area (Å²) >= 11 is 0. The van der Waals surface area contributed by atoms with Gasteiger partial charge >= 0.3 is 23.9 Å². The molecule has 0 amide bonds. The molecule has 2 saturated carbocycles. The van der Waals surface area contributed by atoms with Crippen LogP contribution >= 0.6 is 0 Å². The van der Waals surface area contributed by atoms with Crippen molar-refractivity contribution in [3.8, 4) is 0 Å². The maximum absolute atomic E-state index is 13.7. The third-order valence-electron chi connectivity index (χ3n) is 9.78. The second kappa shape index (κ2) is 7.10. The van der Waals surface area contributed by atoms with Crippen LogP contribution in [0.4, 0.5) is 0 Å². The molecule has 11 atom stereocenters. The molecule has 2 N–H and O–H groups in total. The van der Waals surface area contributed by atoms with Crippen LogP contribution in [-0.4, -0.2) is 89.7 Å². The SMILES string of the molecule is COC(=O)/C=C/CO[C@H]1C(=O)O[C@H]2O[C@]34C(=O)OC5CC(C(C)(C)C)C21[C@@]53[C@@H](O)[C@@H]1OC(=O)C(C)[C@@]14O. The Kier molecular flexibility index (Phi) is 4.76. The number of ether oxygens (including phenoxy) is 6. The Hall–Kier alpha value is -2.54. The third kappa shape index (κ3) is 2.28. The van der Waals surface area contributed by atoms with Gasteiger partial charge in [-0.15, -0.1) is 0 Å². The normalized spacial score (nSPS) is 51.0. The number of aliphatic hydroxyl groups excluding tert-OH is 1. The van der Waals surface area contributed by atoms with E-state index in [1.54, 1.807) is 0 Å². The summed E-state index contributed by atoms with van der Waals surface area (Å²) in [7, 11) is 1.22. The quantitative estimate of drug-likeness (QED) is 0.274. The first kappa shape index (κ1) is 24.8. The summed E-state index contributed by atoms with van der Waals surface area (Å²) in [4.78, 5) is 51.1. The summed E-state index contributed by atoms with van der Waals surface area (Å²) < 4.78 is 33.9. The molecule has 6 aliphatic rings. The van der Waals surface area contributed by atoms with Crippen molar-refractivity contribution < 1.29 is 57.8 Å². The number of methoxy groups -OCH3 is 1. The van der Waals surface area contributed by atoms with Crippen molar-refractivity contribution >= 4 is 23.9 Å². The highest BCUT2D eigenvalue weighted by Gasteiger charge is 3.04. The standard InChI is InChI=1S/C25H30O12/c1-10-17(28)35-15-14(27)23-12-9-11(21(2,3)4)22(23)16(33-8-6-7-13(26)32-5)18(29)36-20(22)37-25(23,19(30)34-12)24(10,15)31/h6-7,10-12,14-16,20,27,31H,8-9H2,1-5H3/b7-6+/t10?,11?,12?,14-,15-,16-,20-,22?,23-,24+,25+/m0/s1. The Morgan fingerprint density at radius 1 is 1.16 bits per heavy atom. The summed E-state index contributed by atoms with van der Waals surface area (Å²) in [6.07, 6.45) is -4.08. The molecule has 0 radical (unpaired) electrons. The Labute approximate surface area is 212 Å². The number of fused-ring (bicyclic) bond motifs is 1. The number of carbonyl (C=O) groups excluding carboxylic acids is 4. The second-order valence-electron chi connectivity index (χ2n) is 11.9. The first-order valence-corrected chi connectivity index (χ1v) is 12.3. The lowest BCUT2D eigenvalue weighted by atomic mass is 9.51. The van der Waals surface area contributed by atoms with Gasteiger partial charge in [-0.1, -0.05) is 26.8 Å². The van der Waals surface area contributed by atoms with Gasteiger partial charge in [0.2, 0.25) is 11.9 Å². The molecule has 2 aliphatic carbocycles. The number of aliphatic hydroxyl groups is 2. The van der Waals surface area contributed by atoms with Gasteiger partial charge in [0.15, 0.2) is 17.8 Å². The van der Waals surface area contributed by atoms with E-state index in [0.717, 1.165) is 6.08 Å². The molecule has 6 fully saturated rings. The van der Waals surface area contributed by atoms with Gasteiger partial charge < -0.3 is 38.6 Å². The molecule has 2 spiro atoms. The van der Waals surface area contributed by atoms with Gasteiger partial charge in [0.25, 0.3) is 0 Å². The van der Waals surface area contributed by atoms with Crippen molar-refractivity contribution in [1.82, 2.24) is 0 Å². The van der Waals surface area contributed by atoms with Gasteiger partial charge in [-0.3, -0.25) is 4.79 Å². The minimum absolute atomic E-state index is 0.196. The molecule has 0 aromatic carbocycles. The zero-order valence-electron chi connectivity index (χ0n) is 21.1. The molecule has 4 aliphatic heterocycles. The van der Waals surface area contributed by atoms with E-state index in [-0.39, 0.29) is 13.0 Å². The van der Waals surface area contributed by atoms with Gasteiger partial charge in [-0.05, 0) is 24.7 Å². The second-order valence-corrected chi connectivity index (χ2v) is 11.9. The van der Waals surface area contributed by atoms with E-state index in [9.17, 15) is 29.4 Å². The van der Waals surface area contributed by atoms with Gasteiger partial charge in [-0.25, -0.2) is 14.4 Å². The highest BCUT2D eigenvalue weighted by atomic mass is 16.8. The Morgan fingerprint density at radius 2 is 1.86 bits per heavy atom. The predicted molar refractivity (Wildman–Crippen MR) is 117 cm³/mol. The molecule has 4 unspecified atom stereocenters. The van der Waals surface area contributed by atoms with Crippen LogP contribution < -0.4 is 0 Å². The van der Waals surface area contributed by atoms with Crippen LogP contribution in [0.15, 0.2) is 12.2 Å². The predicted octanol–water partition coefficient (Wildman–Crippen LogP) is -0.616. The van der Waals surface area contributed by atoms with E-state index in [1.165, 1.54) is 20.1 Å². The van der Waals surface area contributed by atoms with E-state index in [2.05, 4.69) is 4.74 Å². The Morgan fingerprint density at radius 3 is 2.51 bits per heavy atom. The Bertz CT molecular complexity index is 1140. The molecule has 0 bridgehead atoms. The fraction of sp³-hybridized carbons (Fsp3) is 0.760. The molecule has 202 valence electrons. The van der Waals surface area contributed by atoms with E-state index in [1.807, 2.05) is 20.8 Å². The fourth-order valence-electron chi connectivity index (χ4n) is 8.66. The minimum atomic E-state index is -2.28. The van der Waals surface area contributed by atoms with Crippen LogP contribution in [0, 0.1) is 28.1 Å². The van der Waals surface area contributed by atoms with Gasteiger partial charge in [0.1, 0.15) is 12.2 Å². The number of rotatable bonds is 4. The van der Waals surface area contributed by atoms with Crippen LogP contribution in [-0.2, 0) is 47.6 Å². The zero-order chi connectivity index (χ0) is 26.9. The molecule has 12 heteroatoms. The lowest BCUT2D eigenvalue weighted by Crippen LogP contribution is -2.67. The maximum Gasteiger partial charge on any atom is 0.343 e. The highest BCUT2D eigenvalue weighted by molar-refractivity contribution is 5.94. The monoisotopic (exact) mass is 522 g/mol. The maximum atomic E-state index is 13.7. The molecule has 6 rings (SSSR count). The average molecular weight is 523 g/mol. The lowest BCUT2D eigenvalue weighted by molar-refractivity contribution is -0.240. The summed E-state index contributed by atoms with van der Waals surface area (Å²) in [6, 6.07) is 0. The fourth-order valence-corrected chi connectivity index (χ4v) is 8.66. The smallest absolute Gasteiger partial charge is 0.343 e. The molecule has 0 aromatic rings. The van der Waals surface area contributed by atoms with Gasteiger partial charge in [0, 0.05) is 6.08 Å². The first-order chi connectivity index (χ1) is 17.3. The van der Waals surface area contributed by atoms with E-state index >= 15 is 0 Å². The van der Waals surface area contributed by atoms with Crippen LogP contribution in [0.1, 0.15) is 34.1 Å². The van der Waals surface area contributed by atoms with Crippen LogP contribution in [0.3, 0.4) is 0 Å². The number of hydrogen-bond acceptors (Lipinski definition) is 12. The summed E-state index contributed by atoms with van der Waals surface area (Å²) in [5.41, 5.74) is -8.28.